The van der Waals surface area contributed by atoms with Crippen molar-refractivity contribution >= 4 is 10.9 Å². The zero-order valence-electron chi connectivity index (χ0n) is 20.5. The van der Waals surface area contributed by atoms with Crippen molar-refractivity contribution in [2.75, 3.05) is 0 Å². The first-order valence-corrected chi connectivity index (χ1v) is 12.3. The Balaban J connectivity index is 1.44. The Labute approximate surface area is 211 Å². The third kappa shape index (κ3) is 5.73. The van der Waals surface area contributed by atoms with Gasteiger partial charge in [-0.1, -0.05) is 91.0 Å². The number of aryl methyl sites for hydroxylation is 1. The molecule has 4 heteroatoms. The second-order valence-electron chi connectivity index (χ2n) is 9.16. The van der Waals surface area contributed by atoms with Gasteiger partial charge in [0.2, 0.25) is 0 Å². The lowest BCUT2D eigenvalue weighted by Gasteiger charge is -2.23. The second kappa shape index (κ2) is 11.1. The summed E-state index contributed by atoms with van der Waals surface area (Å²) in [5, 5.41) is 0.653. The molecule has 180 valence electrons. The second-order valence-corrected chi connectivity index (χ2v) is 9.16. The minimum atomic E-state index is 0.0533. The fraction of sp³-hybridized carbons (Fsp3) is 0.156. The molecule has 0 spiro atoms. The Morgan fingerprint density at radius 2 is 1.25 bits per heavy atom. The zero-order valence-corrected chi connectivity index (χ0v) is 20.5. The molecule has 0 aliphatic heterocycles. The van der Waals surface area contributed by atoms with Gasteiger partial charge in [0.15, 0.2) is 5.43 Å². The van der Waals surface area contributed by atoms with Gasteiger partial charge in [0.25, 0.3) is 0 Å². The number of pyridine rings is 1. The number of aromatic nitrogens is 1. The Hall–Kier alpha value is -4.15. The van der Waals surface area contributed by atoms with Gasteiger partial charge in [-0.3, -0.25) is 9.69 Å². The maximum Gasteiger partial charge on any atom is 0.194 e. The van der Waals surface area contributed by atoms with Crippen LogP contribution in [-0.2, 0) is 26.2 Å². The van der Waals surface area contributed by atoms with Crippen LogP contribution in [0.1, 0.15) is 27.9 Å². The molecule has 1 aromatic heterocycles. The highest BCUT2D eigenvalue weighted by molar-refractivity contribution is 5.81. The Morgan fingerprint density at radius 3 is 1.83 bits per heavy atom. The predicted molar refractivity (Wildman–Crippen MR) is 146 cm³/mol. The van der Waals surface area contributed by atoms with Crippen molar-refractivity contribution in [3.05, 3.63) is 147 Å². The maximum absolute atomic E-state index is 13.7. The van der Waals surface area contributed by atoms with Crippen LogP contribution in [0.25, 0.3) is 10.9 Å². The van der Waals surface area contributed by atoms with Crippen molar-refractivity contribution in [3.63, 3.8) is 0 Å². The summed E-state index contributed by atoms with van der Waals surface area (Å²) in [6.07, 6.45) is 0. The van der Waals surface area contributed by atoms with E-state index in [-0.39, 0.29) is 5.43 Å². The van der Waals surface area contributed by atoms with Gasteiger partial charge >= 0.3 is 0 Å². The van der Waals surface area contributed by atoms with Gasteiger partial charge in [0.05, 0.1) is 0 Å². The van der Waals surface area contributed by atoms with Crippen molar-refractivity contribution < 1.29 is 4.74 Å². The molecule has 0 amide bonds. The summed E-state index contributed by atoms with van der Waals surface area (Å²) in [5.41, 5.74) is 6.10. The van der Waals surface area contributed by atoms with Crippen LogP contribution in [0.5, 0.6) is 5.75 Å². The topological polar surface area (TPSA) is 45.3 Å². The maximum atomic E-state index is 13.7. The lowest BCUT2D eigenvalue weighted by Crippen LogP contribution is -2.27. The highest BCUT2D eigenvalue weighted by atomic mass is 16.5. The van der Waals surface area contributed by atoms with Gasteiger partial charge in [-0.05, 0) is 41.8 Å². The molecule has 0 fully saturated rings. The Kier molecular flexibility index (Phi) is 7.25. The van der Waals surface area contributed by atoms with Gasteiger partial charge < -0.3 is 9.72 Å². The number of ether oxygens (including phenoxy) is 1. The minimum absolute atomic E-state index is 0.0533. The van der Waals surface area contributed by atoms with Crippen LogP contribution in [0, 0.1) is 6.92 Å². The number of hydrogen-bond acceptors (Lipinski definition) is 3. The molecule has 4 nitrogen and oxygen atoms in total. The van der Waals surface area contributed by atoms with Crippen LogP contribution in [0.2, 0.25) is 0 Å². The van der Waals surface area contributed by atoms with Gasteiger partial charge in [0.1, 0.15) is 12.4 Å². The highest BCUT2D eigenvalue weighted by Crippen LogP contribution is 2.21. The smallest absolute Gasteiger partial charge is 0.194 e. The minimum Gasteiger partial charge on any atom is -0.489 e. The number of nitrogens with one attached hydrogen (secondary N) is 1. The van der Waals surface area contributed by atoms with Gasteiger partial charge in [-0.15, -0.1) is 0 Å². The first-order valence-electron chi connectivity index (χ1n) is 12.3. The molecule has 4 aromatic carbocycles. The van der Waals surface area contributed by atoms with Crippen molar-refractivity contribution in [2.24, 2.45) is 0 Å². The van der Waals surface area contributed by atoms with E-state index in [2.05, 4.69) is 58.4 Å². The molecule has 5 aromatic rings. The number of fused-ring (bicyclic) bond motifs is 1. The van der Waals surface area contributed by atoms with Gasteiger partial charge in [-0.2, -0.15) is 0 Å². The van der Waals surface area contributed by atoms with Crippen molar-refractivity contribution in [2.45, 2.75) is 33.2 Å². The molecule has 0 saturated heterocycles. The number of hydrogen-bond donors (Lipinski definition) is 1. The molecule has 0 radical (unpaired) electrons. The summed E-state index contributed by atoms with van der Waals surface area (Å²) in [7, 11) is 0. The molecule has 1 N–H and O–H groups in total. The molecular weight excluding hydrogens is 444 g/mol. The summed E-state index contributed by atoms with van der Waals surface area (Å²) in [5.74, 6) is 0.692. The summed E-state index contributed by atoms with van der Waals surface area (Å²) in [6.45, 7) is 4.51. The first-order chi connectivity index (χ1) is 17.7. The average Bonchev–Trinajstić information content (AvgIpc) is 2.92. The van der Waals surface area contributed by atoms with E-state index in [1.54, 1.807) is 0 Å². The van der Waals surface area contributed by atoms with Crippen LogP contribution in [0.3, 0.4) is 0 Å². The van der Waals surface area contributed by atoms with E-state index in [9.17, 15) is 4.79 Å². The zero-order chi connectivity index (χ0) is 24.7. The molecule has 0 saturated carbocycles. The molecule has 36 heavy (non-hydrogen) atoms. The molecule has 5 rings (SSSR count). The number of benzene rings is 4. The normalized spacial score (nSPS) is 11.2. The van der Waals surface area contributed by atoms with Crippen LogP contribution < -0.4 is 10.2 Å². The largest absolute Gasteiger partial charge is 0.489 e. The van der Waals surface area contributed by atoms with Crippen molar-refractivity contribution in [1.82, 2.24) is 9.88 Å². The fourth-order valence-corrected chi connectivity index (χ4v) is 4.53. The summed E-state index contributed by atoms with van der Waals surface area (Å²) in [6, 6.07) is 36.6. The van der Waals surface area contributed by atoms with Crippen LogP contribution in [-0.4, -0.2) is 9.88 Å². The van der Waals surface area contributed by atoms with Crippen LogP contribution in [0.15, 0.2) is 114 Å². The monoisotopic (exact) mass is 474 g/mol. The quantitative estimate of drug-likeness (QED) is 0.261. The van der Waals surface area contributed by atoms with E-state index in [1.807, 2.05) is 67.6 Å². The molecule has 0 unspecified atom stereocenters. The standard InChI is InChI=1S/C32H30N2O2/c1-24-30(22-34(20-25-11-5-2-6-12-25)21-26-13-7-3-8-14-26)32(35)29-19-28(17-18-31(29)33-24)36-23-27-15-9-4-10-16-27/h2-19H,20-23H2,1H3,(H,33,35). The summed E-state index contributed by atoms with van der Waals surface area (Å²) >= 11 is 0. The van der Waals surface area contributed by atoms with E-state index in [4.69, 9.17) is 4.74 Å². The summed E-state index contributed by atoms with van der Waals surface area (Å²) in [4.78, 5) is 19.5. The van der Waals surface area contributed by atoms with Crippen LogP contribution in [0.4, 0.5) is 0 Å². The molecular formula is C32H30N2O2. The van der Waals surface area contributed by atoms with Crippen molar-refractivity contribution in [1.29, 1.82) is 0 Å². The summed E-state index contributed by atoms with van der Waals surface area (Å²) < 4.78 is 6.00. The molecule has 0 aliphatic rings. The lowest BCUT2D eigenvalue weighted by molar-refractivity contribution is 0.246. The van der Waals surface area contributed by atoms with Crippen molar-refractivity contribution in [3.8, 4) is 5.75 Å². The van der Waals surface area contributed by atoms with Crippen LogP contribution >= 0.6 is 0 Å². The Bertz CT molecular complexity index is 1440. The Morgan fingerprint density at radius 1 is 0.694 bits per heavy atom. The van der Waals surface area contributed by atoms with E-state index in [1.165, 1.54) is 11.1 Å². The van der Waals surface area contributed by atoms with Gasteiger partial charge in [0, 0.05) is 41.8 Å². The number of H-pyrrole nitrogens is 1. The number of nitrogens with zero attached hydrogens (tertiary/aromatic N) is 1. The van der Waals surface area contributed by atoms with E-state index in [0.29, 0.717) is 24.3 Å². The highest BCUT2D eigenvalue weighted by Gasteiger charge is 2.15. The van der Waals surface area contributed by atoms with E-state index >= 15 is 0 Å². The fourth-order valence-electron chi connectivity index (χ4n) is 4.53. The average molecular weight is 475 g/mol. The van der Waals surface area contributed by atoms with E-state index < -0.39 is 0 Å². The predicted octanol–water partition coefficient (Wildman–Crippen LogP) is 6.62. The molecule has 0 bridgehead atoms. The first kappa shape index (κ1) is 23.6. The lowest BCUT2D eigenvalue weighted by atomic mass is 10.1. The molecule has 0 atom stereocenters. The third-order valence-electron chi connectivity index (χ3n) is 6.41. The number of rotatable bonds is 9. The third-order valence-corrected chi connectivity index (χ3v) is 6.41. The SMILES string of the molecule is Cc1[nH]c2ccc(OCc3ccccc3)cc2c(=O)c1CN(Cc1ccccc1)Cc1ccccc1. The molecule has 0 aliphatic carbocycles. The van der Waals surface area contributed by atoms with E-state index in [0.717, 1.165) is 35.4 Å². The number of aromatic amines is 1. The van der Waals surface area contributed by atoms with Gasteiger partial charge in [-0.25, -0.2) is 0 Å². The molecule has 1 heterocycles.